The first-order chi connectivity index (χ1) is 12.1. The van der Waals surface area contributed by atoms with E-state index >= 15 is 0 Å². The number of amides is 1. The zero-order valence-electron chi connectivity index (χ0n) is 15.3. The molecule has 4 rings (SSSR count). The molecule has 1 aromatic carbocycles. The molecule has 0 saturated carbocycles. The summed E-state index contributed by atoms with van der Waals surface area (Å²) >= 11 is 0. The molecule has 1 aliphatic heterocycles. The third-order valence-electron chi connectivity index (χ3n) is 5.61. The largest absolute Gasteiger partial charge is 0.344 e. The Labute approximate surface area is 160 Å². The molecule has 1 aliphatic carbocycles. The minimum atomic E-state index is -0.114. The quantitative estimate of drug-likeness (QED) is 0.865. The highest BCUT2D eigenvalue weighted by atomic mass is 35.5. The number of aromatic nitrogens is 3. The lowest BCUT2D eigenvalue weighted by Gasteiger charge is -2.23. The molecule has 0 spiro atoms. The van der Waals surface area contributed by atoms with Gasteiger partial charge >= 0.3 is 0 Å². The second kappa shape index (κ2) is 7.76. The lowest BCUT2D eigenvalue weighted by atomic mass is 10.0. The van der Waals surface area contributed by atoms with Crippen LogP contribution in [0.2, 0.25) is 0 Å². The zero-order chi connectivity index (χ0) is 17.4. The van der Waals surface area contributed by atoms with E-state index in [-0.39, 0.29) is 24.4 Å². The van der Waals surface area contributed by atoms with Gasteiger partial charge in [0.15, 0.2) is 5.69 Å². The number of carbonyl (C=O) groups is 1. The van der Waals surface area contributed by atoms with Gasteiger partial charge in [0, 0.05) is 0 Å². The molecule has 140 valence electrons. The summed E-state index contributed by atoms with van der Waals surface area (Å²) in [5, 5.41) is 15.0. The Morgan fingerprint density at radius 2 is 2.00 bits per heavy atom. The van der Waals surface area contributed by atoms with Gasteiger partial charge in [-0.1, -0.05) is 23.4 Å². The van der Waals surface area contributed by atoms with E-state index < -0.39 is 0 Å². The van der Waals surface area contributed by atoms with Gasteiger partial charge in [0.2, 0.25) is 0 Å². The van der Waals surface area contributed by atoms with Crippen LogP contribution in [0.1, 0.15) is 64.2 Å². The van der Waals surface area contributed by atoms with Crippen molar-refractivity contribution in [2.75, 3.05) is 13.1 Å². The van der Waals surface area contributed by atoms with Crippen molar-refractivity contribution in [3.63, 3.8) is 0 Å². The van der Waals surface area contributed by atoms with Crippen molar-refractivity contribution >= 4 is 18.3 Å². The number of nitrogens with one attached hydrogen (secondary N) is 2. The molecule has 7 heteroatoms. The Balaban J connectivity index is 0.00000196. The first-order valence-corrected chi connectivity index (χ1v) is 9.17. The summed E-state index contributed by atoms with van der Waals surface area (Å²) in [5.74, 6) is -0.114. The van der Waals surface area contributed by atoms with Crippen molar-refractivity contribution in [1.29, 1.82) is 0 Å². The maximum absolute atomic E-state index is 12.8. The average molecular weight is 376 g/mol. The molecule has 1 saturated heterocycles. The van der Waals surface area contributed by atoms with Gasteiger partial charge in [0.1, 0.15) is 0 Å². The first kappa shape index (κ1) is 18.9. The molecule has 2 aliphatic rings. The monoisotopic (exact) mass is 375 g/mol. The van der Waals surface area contributed by atoms with Crippen molar-refractivity contribution in [1.82, 2.24) is 25.6 Å². The number of rotatable bonds is 3. The van der Waals surface area contributed by atoms with E-state index in [2.05, 4.69) is 46.1 Å². The van der Waals surface area contributed by atoms with E-state index in [9.17, 15) is 4.79 Å². The zero-order valence-corrected chi connectivity index (χ0v) is 16.1. The second-order valence-electron chi connectivity index (χ2n) is 7.16. The Bertz CT molecular complexity index is 797. The van der Waals surface area contributed by atoms with Gasteiger partial charge < -0.3 is 10.6 Å². The number of benzene rings is 1. The number of halogens is 1. The van der Waals surface area contributed by atoms with Crippen LogP contribution < -0.4 is 10.6 Å². The average Bonchev–Trinajstić information content (AvgIpc) is 3.20. The molecule has 1 unspecified atom stereocenters. The SMILES string of the molecule is Cc1cccc2c1CCC2NC(=O)c1nnn(C2CCNCC2)c1C.Cl. The van der Waals surface area contributed by atoms with Gasteiger partial charge in [-0.15, -0.1) is 17.5 Å². The highest BCUT2D eigenvalue weighted by molar-refractivity contribution is 5.93. The fourth-order valence-electron chi connectivity index (χ4n) is 4.16. The highest BCUT2D eigenvalue weighted by Gasteiger charge is 2.28. The summed E-state index contributed by atoms with van der Waals surface area (Å²) in [4.78, 5) is 12.8. The molecule has 1 atom stereocenters. The van der Waals surface area contributed by atoms with Gasteiger partial charge in [0.05, 0.1) is 17.8 Å². The van der Waals surface area contributed by atoms with Gasteiger partial charge in [-0.3, -0.25) is 4.79 Å². The summed E-state index contributed by atoms with van der Waals surface area (Å²) < 4.78 is 1.93. The lowest BCUT2D eigenvalue weighted by molar-refractivity contribution is 0.0931. The minimum Gasteiger partial charge on any atom is -0.344 e. The lowest BCUT2D eigenvalue weighted by Crippen LogP contribution is -2.31. The van der Waals surface area contributed by atoms with Gasteiger partial charge in [-0.05, 0) is 69.3 Å². The maximum atomic E-state index is 12.8. The van der Waals surface area contributed by atoms with Gasteiger partial charge in [0.25, 0.3) is 5.91 Å². The van der Waals surface area contributed by atoms with Crippen LogP contribution in [0.4, 0.5) is 0 Å². The van der Waals surface area contributed by atoms with Crippen LogP contribution in [0.25, 0.3) is 0 Å². The Morgan fingerprint density at radius 3 is 2.77 bits per heavy atom. The van der Waals surface area contributed by atoms with E-state index in [0.717, 1.165) is 44.5 Å². The Morgan fingerprint density at radius 1 is 1.23 bits per heavy atom. The van der Waals surface area contributed by atoms with Crippen LogP contribution >= 0.6 is 12.4 Å². The molecule has 6 nitrogen and oxygen atoms in total. The number of carbonyl (C=O) groups excluding carboxylic acids is 1. The highest BCUT2D eigenvalue weighted by Crippen LogP contribution is 2.33. The summed E-state index contributed by atoms with van der Waals surface area (Å²) in [6.45, 7) is 6.06. The van der Waals surface area contributed by atoms with E-state index in [1.54, 1.807) is 0 Å². The van der Waals surface area contributed by atoms with Gasteiger partial charge in [-0.25, -0.2) is 4.68 Å². The normalized spacial score (nSPS) is 19.7. The number of hydrogen-bond donors (Lipinski definition) is 2. The van der Waals surface area contributed by atoms with Crippen molar-refractivity contribution in [3.05, 3.63) is 46.3 Å². The molecule has 2 heterocycles. The topological polar surface area (TPSA) is 71.8 Å². The molecule has 1 fully saturated rings. The van der Waals surface area contributed by atoms with E-state index in [1.807, 2.05) is 11.6 Å². The van der Waals surface area contributed by atoms with E-state index in [4.69, 9.17) is 0 Å². The summed E-state index contributed by atoms with van der Waals surface area (Å²) in [6.07, 6.45) is 4.03. The van der Waals surface area contributed by atoms with Crippen molar-refractivity contribution in [2.45, 2.75) is 51.6 Å². The molecular weight excluding hydrogens is 350 g/mol. The van der Waals surface area contributed by atoms with E-state index in [1.165, 1.54) is 16.7 Å². The van der Waals surface area contributed by atoms with E-state index in [0.29, 0.717) is 11.7 Å². The summed E-state index contributed by atoms with van der Waals surface area (Å²) in [7, 11) is 0. The predicted molar refractivity (Wildman–Crippen MR) is 103 cm³/mol. The molecular formula is C19H26ClN5O. The Kier molecular flexibility index (Phi) is 5.63. The van der Waals surface area contributed by atoms with Crippen LogP contribution in [0.5, 0.6) is 0 Å². The van der Waals surface area contributed by atoms with Crippen LogP contribution in [0.15, 0.2) is 18.2 Å². The second-order valence-corrected chi connectivity index (χ2v) is 7.16. The number of hydrogen-bond acceptors (Lipinski definition) is 4. The fraction of sp³-hybridized carbons (Fsp3) is 0.526. The molecule has 2 N–H and O–H groups in total. The molecule has 0 bridgehead atoms. The first-order valence-electron chi connectivity index (χ1n) is 9.17. The Hall–Kier alpha value is -1.92. The molecule has 2 aromatic rings. The molecule has 1 aromatic heterocycles. The third-order valence-corrected chi connectivity index (χ3v) is 5.61. The molecule has 26 heavy (non-hydrogen) atoms. The van der Waals surface area contributed by atoms with Crippen LogP contribution in [-0.2, 0) is 6.42 Å². The predicted octanol–water partition coefficient (Wildman–Crippen LogP) is 2.66. The smallest absolute Gasteiger partial charge is 0.274 e. The summed E-state index contributed by atoms with van der Waals surface area (Å²) in [5.41, 5.74) is 5.26. The van der Waals surface area contributed by atoms with Crippen molar-refractivity contribution in [3.8, 4) is 0 Å². The maximum Gasteiger partial charge on any atom is 0.274 e. The minimum absolute atomic E-state index is 0. The van der Waals surface area contributed by atoms with Crippen LogP contribution in [-0.4, -0.2) is 34.0 Å². The number of piperidine rings is 1. The van der Waals surface area contributed by atoms with Crippen LogP contribution in [0.3, 0.4) is 0 Å². The number of nitrogens with zero attached hydrogens (tertiary/aromatic N) is 3. The third kappa shape index (κ3) is 3.35. The molecule has 1 amide bonds. The molecule has 0 radical (unpaired) electrons. The number of aryl methyl sites for hydroxylation is 1. The van der Waals surface area contributed by atoms with Crippen molar-refractivity contribution < 1.29 is 4.79 Å². The standard InChI is InChI=1S/C19H25N5O.ClH/c1-12-4-3-5-16-15(12)6-7-17(16)21-19(25)18-13(2)24(23-22-18)14-8-10-20-11-9-14;/h3-5,14,17,20H,6-11H2,1-2H3,(H,21,25);1H. The van der Waals surface area contributed by atoms with Crippen LogP contribution in [0, 0.1) is 13.8 Å². The van der Waals surface area contributed by atoms with Gasteiger partial charge in [-0.2, -0.15) is 0 Å². The number of fused-ring (bicyclic) bond motifs is 1. The van der Waals surface area contributed by atoms with Crippen molar-refractivity contribution in [2.24, 2.45) is 0 Å². The summed E-state index contributed by atoms with van der Waals surface area (Å²) in [6, 6.07) is 6.74. The fourth-order valence-corrected chi connectivity index (χ4v) is 4.16.